The van der Waals surface area contributed by atoms with E-state index < -0.39 is 0 Å². The fourth-order valence-corrected chi connectivity index (χ4v) is 2.09. The first-order chi connectivity index (χ1) is 7.90. The van der Waals surface area contributed by atoms with Gasteiger partial charge in [-0.1, -0.05) is 31.5 Å². The average molecular weight is 217 g/mol. The van der Waals surface area contributed by atoms with E-state index in [0.29, 0.717) is 0 Å². The maximum atomic E-state index is 3.52. The van der Waals surface area contributed by atoms with E-state index in [1.807, 2.05) is 0 Å². The molecule has 1 aliphatic heterocycles. The van der Waals surface area contributed by atoms with Crippen LogP contribution in [0.3, 0.4) is 0 Å². The first-order valence-corrected chi connectivity index (χ1v) is 6.35. The first-order valence-electron chi connectivity index (χ1n) is 6.35. The number of hydrogen-bond acceptors (Lipinski definition) is 0. The molecule has 0 saturated carbocycles. The minimum absolute atomic E-state index is 1.08. The number of para-hydroxylation sites is 1. The van der Waals surface area contributed by atoms with E-state index in [4.69, 9.17) is 0 Å². The van der Waals surface area contributed by atoms with Crippen molar-refractivity contribution in [3.8, 4) is 0 Å². The van der Waals surface area contributed by atoms with E-state index in [1.54, 1.807) is 0 Å². The summed E-state index contributed by atoms with van der Waals surface area (Å²) >= 11 is 0. The normalized spacial score (nSPS) is 17.7. The van der Waals surface area contributed by atoms with Crippen molar-refractivity contribution in [1.29, 1.82) is 0 Å². The number of amidine groups is 1. The molecule has 0 radical (unpaired) electrons. The summed E-state index contributed by atoms with van der Waals surface area (Å²) in [6.07, 6.45) is 6.04. The largest absolute Gasteiger partial charge is 0.278 e. The smallest absolute Gasteiger partial charge is 0.247 e. The highest BCUT2D eigenvalue weighted by molar-refractivity contribution is 5.92. The highest BCUT2D eigenvalue weighted by Crippen LogP contribution is 2.20. The van der Waals surface area contributed by atoms with E-state index in [1.165, 1.54) is 42.8 Å². The van der Waals surface area contributed by atoms with Crippen LogP contribution in [0.4, 0.5) is 5.69 Å². The second-order valence-corrected chi connectivity index (χ2v) is 4.39. The van der Waals surface area contributed by atoms with Gasteiger partial charge in [0.05, 0.1) is 6.54 Å². The molecule has 1 heterocycles. The predicted molar refractivity (Wildman–Crippen MR) is 68.7 cm³/mol. The van der Waals surface area contributed by atoms with Crippen molar-refractivity contribution in [2.45, 2.75) is 39.0 Å². The van der Waals surface area contributed by atoms with Gasteiger partial charge >= 0.3 is 0 Å². The van der Waals surface area contributed by atoms with E-state index in [-0.39, 0.29) is 0 Å². The number of benzene rings is 1. The second-order valence-electron chi connectivity index (χ2n) is 4.39. The third-order valence-corrected chi connectivity index (χ3v) is 3.04. The van der Waals surface area contributed by atoms with Gasteiger partial charge in [-0.2, -0.15) is 0 Å². The third-order valence-electron chi connectivity index (χ3n) is 3.04. The Bertz CT molecular complexity index is 369. The van der Waals surface area contributed by atoms with Gasteiger partial charge in [0.2, 0.25) is 5.84 Å². The lowest BCUT2D eigenvalue weighted by atomic mass is 10.1. The van der Waals surface area contributed by atoms with Gasteiger partial charge in [-0.25, -0.2) is 5.32 Å². The average Bonchev–Trinajstić information content (AvgIpc) is 2.51. The van der Waals surface area contributed by atoms with E-state index in [9.17, 15) is 0 Å². The highest BCUT2D eigenvalue weighted by atomic mass is 15.0. The Balaban J connectivity index is 2.07. The fourth-order valence-electron chi connectivity index (χ4n) is 2.09. The number of hydrogen-bond donors (Lipinski definition) is 2. The van der Waals surface area contributed by atoms with Crippen LogP contribution in [0.1, 0.15) is 38.2 Å². The number of aryl methyl sites for hydroxylation is 1. The van der Waals surface area contributed by atoms with Gasteiger partial charge in [0.25, 0.3) is 0 Å². The molecule has 2 nitrogen and oxygen atoms in total. The molecule has 0 aliphatic carbocycles. The lowest BCUT2D eigenvalue weighted by Crippen LogP contribution is -2.74. The van der Waals surface area contributed by atoms with Crippen LogP contribution in [0, 0.1) is 0 Å². The van der Waals surface area contributed by atoms with Crippen LogP contribution in [0.2, 0.25) is 0 Å². The van der Waals surface area contributed by atoms with Crippen LogP contribution < -0.4 is 10.3 Å². The van der Waals surface area contributed by atoms with Crippen molar-refractivity contribution in [3.63, 3.8) is 0 Å². The van der Waals surface area contributed by atoms with Crippen LogP contribution in [0.5, 0.6) is 0 Å². The maximum Gasteiger partial charge on any atom is 0.247 e. The summed E-state index contributed by atoms with van der Waals surface area (Å²) in [6.45, 7) is 3.31. The fraction of sp³-hybridized carbons (Fsp3) is 0.500. The molecule has 2 rings (SSSR count). The summed E-state index contributed by atoms with van der Waals surface area (Å²) < 4.78 is 0. The number of rotatable bonds is 3. The second kappa shape index (κ2) is 5.69. The molecule has 1 aromatic carbocycles. The molecular weight excluding hydrogens is 196 g/mol. The molecule has 0 atom stereocenters. The summed E-state index contributed by atoms with van der Waals surface area (Å²) in [5.74, 6) is 1.29. The zero-order chi connectivity index (χ0) is 11.2. The van der Waals surface area contributed by atoms with Crippen LogP contribution in [0.25, 0.3) is 0 Å². The van der Waals surface area contributed by atoms with E-state index in [2.05, 4.69) is 41.5 Å². The molecule has 2 heteroatoms. The van der Waals surface area contributed by atoms with Gasteiger partial charge < -0.3 is 0 Å². The molecule has 0 spiro atoms. The topological polar surface area (TPSA) is 26.0 Å². The summed E-state index contributed by atoms with van der Waals surface area (Å²) in [4.78, 5) is 3.51. The Morgan fingerprint density at radius 1 is 1.25 bits per heavy atom. The van der Waals surface area contributed by atoms with Gasteiger partial charge in [0.15, 0.2) is 0 Å². The Kier molecular flexibility index (Phi) is 3.97. The van der Waals surface area contributed by atoms with E-state index in [0.717, 1.165) is 13.0 Å². The summed E-state index contributed by atoms with van der Waals surface area (Å²) in [6, 6.07) is 8.61. The molecule has 2 N–H and O–H groups in total. The standard InChI is InChI=1S/C14H20N2/c1-2-3-11-15-14-10-6-8-12-7-4-5-9-13(12)16-14/h4-5,7,9H,2-3,6,8,10-11H2,1H3,(H,15,16)/p+1. The molecule has 0 bridgehead atoms. The monoisotopic (exact) mass is 217 g/mol. The number of fused-ring (bicyclic) bond motifs is 1. The molecule has 0 saturated heterocycles. The molecule has 86 valence electrons. The summed E-state index contributed by atoms with van der Waals surface area (Å²) in [5, 5.41) is 3.52. The van der Waals surface area contributed by atoms with Gasteiger partial charge in [0, 0.05) is 6.42 Å². The lowest BCUT2D eigenvalue weighted by molar-refractivity contribution is -0.459. The number of anilines is 1. The van der Waals surface area contributed by atoms with E-state index >= 15 is 0 Å². The summed E-state index contributed by atoms with van der Waals surface area (Å²) in [5.41, 5.74) is 2.72. The van der Waals surface area contributed by atoms with Gasteiger partial charge in [-0.3, -0.25) is 4.99 Å². The number of unbranched alkanes of at least 4 members (excludes halogenated alkanes) is 1. The Labute approximate surface area is 97.8 Å². The molecular formula is C14H21N2+. The molecule has 0 aromatic heterocycles. The molecule has 0 amide bonds. The van der Waals surface area contributed by atoms with Gasteiger partial charge in [-0.05, 0) is 30.9 Å². The summed E-state index contributed by atoms with van der Waals surface area (Å²) in [7, 11) is 0. The lowest BCUT2D eigenvalue weighted by Gasteiger charge is -2.01. The Morgan fingerprint density at radius 2 is 2.12 bits per heavy atom. The van der Waals surface area contributed by atoms with Crippen LogP contribution in [-0.2, 0) is 6.42 Å². The van der Waals surface area contributed by atoms with Crippen LogP contribution >= 0.6 is 0 Å². The number of nitrogens with one attached hydrogen (secondary N) is 2. The third kappa shape index (κ3) is 2.84. The molecule has 16 heavy (non-hydrogen) atoms. The van der Waals surface area contributed by atoms with Crippen molar-refractivity contribution in [2.75, 3.05) is 11.9 Å². The van der Waals surface area contributed by atoms with Crippen molar-refractivity contribution in [3.05, 3.63) is 29.8 Å². The Hall–Kier alpha value is -1.31. The molecule has 1 aromatic rings. The van der Waals surface area contributed by atoms with Gasteiger partial charge in [-0.15, -0.1) is 0 Å². The zero-order valence-electron chi connectivity index (χ0n) is 10.1. The minimum Gasteiger partial charge on any atom is -0.278 e. The van der Waals surface area contributed by atoms with Crippen LogP contribution in [0.15, 0.2) is 24.3 Å². The van der Waals surface area contributed by atoms with Crippen molar-refractivity contribution in [2.24, 2.45) is 0 Å². The van der Waals surface area contributed by atoms with Crippen LogP contribution in [-0.4, -0.2) is 12.4 Å². The SMILES string of the molecule is CCCC[NH+]=C1CCCc2ccccc2N1. The quantitative estimate of drug-likeness (QED) is 0.741. The first kappa shape index (κ1) is 11.2. The molecule has 0 fully saturated rings. The van der Waals surface area contributed by atoms with Crippen molar-refractivity contribution >= 4 is 11.5 Å². The van der Waals surface area contributed by atoms with Crippen molar-refractivity contribution in [1.82, 2.24) is 0 Å². The zero-order valence-corrected chi connectivity index (χ0v) is 10.1. The highest BCUT2D eigenvalue weighted by Gasteiger charge is 2.15. The predicted octanol–water partition coefficient (Wildman–Crippen LogP) is 1.71. The van der Waals surface area contributed by atoms with Gasteiger partial charge in [0.1, 0.15) is 5.69 Å². The maximum absolute atomic E-state index is 3.52. The minimum atomic E-state index is 1.08. The molecule has 1 aliphatic rings. The van der Waals surface area contributed by atoms with Crippen molar-refractivity contribution < 1.29 is 4.99 Å². The Morgan fingerprint density at radius 3 is 3.00 bits per heavy atom. The molecule has 0 unspecified atom stereocenters.